The third-order valence-corrected chi connectivity index (χ3v) is 3.64. The Morgan fingerprint density at radius 3 is 2.64 bits per heavy atom. The van der Waals surface area contributed by atoms with Crippen molar-refractivity contribution in [3.05, 3.63) is 70.9 Å². The molecule has 22 heavy (non-hydrogen) atoms. The maximum atomic E-state index is 12.4. The normalized spacial score (nSPS) is 10.6. The number of aliphatic hydroxyl groups excluding tert-OH is 1. The number of hydrogen-bond donors (Lipinski definition) is 2. The lowest BCUT2D eigenvalue weighted by molar-refractivity contribution is 0.102. The Bertz CT molecular complexity index is 832. The smallest absolute Gasteiger partial charge is 0.256 e. The van der Waals surface area contributed by atoms with E-state index in [9.17, 15) is 9.90 Å². The van der Waals surface area contributed by atoms with E-state index in [0.717, 1.165) is 5.39 Å². The highest BCUT2D eigenvalue weighted by Gasteiger charge is 2.14. The summed E-state index contributed by atoms with van der Waals surface area (Å²) in [7, 11) is 0. The molecule has 5 heteroatoms. The van der Waals surface area contributed by atoms with E-state index in [2.05, 4.69) is 10.3 Å². The number of amides is 1. The number of halogens is 1. The Hall–Kier alpha value is -2.43. The van der Waals surface area contributed by atoms with Gasteiger partial charge >= 0.3 is 0 Å². The van der Waals surface area contributed by atoms with E-state index in [-0.39, 0.29) is 12.5 Å². The number of aromatic nitrogens is 1. The second-order valence-corrected chi connectivity index (χ2v) is 5.22. The van der Waals surface area contributed by atoms with Crippen LogP contribution in [0, 0.1) is 0 Å². The molecule has 0 bridgehead atoms. The first kappa shape index (κ1) is 14.5. The molecule has 0 saturated heterocycles. The molecule has 0 aliphatic carbocycles. The molecule has 1 amide bonds. The van der Waals surface area contributed by atoms with E-state index in [1.54, 1.807) is 36.5 Å². The molecule has 0 saturated carbocycles. The number of nitrogens with one attached hydrogen (secondary N) is 1. The lowest BCUT2D eigenvalue weighted by Crippen LogP contribution is -2.14. The van der Waals surface area contributed by atoms with Crippen LogP contribution in [-0.4, -0.2) is 16.0 Å². The van der Waals surface area contributed by atoms with Gasteiger partial charge in [-0.25, -0.2) is 0 Å². The van der Waals surface area contributed by atoms with E-state index in [0.29, 0.717) is 27.4 Å². The summed E-state index contributed by atoms with van der Waals surface area (Å²) in [6, 6.07) is 14.1. The number of rotatable bonds is 3. The van der Waals surface area contributed by atoms with E-state index in [1.165, 1.54) is 0 Å². The Morgan fingerprint density at radius 2 is 1.91 bits per heavy atom. The van der Waals surface area contributed by atoms with Crippen molar-refractivity contribution in [3.8, 4) is 0 Å². The number of anilines is 1. The van der Waals surface area contributed by atoms with Crippen molar-refractivity contribution in [2.75, 3.05) is 5.32 Å². The minimum atomic E-state index is -0.293. The third kappa shape index (κ3) is 2.79. The van der Waals surface area contributed by atoms with Crippen molar-refractivity contribution in [1.29, 1.82) is 0 Å². The standard InChI is InChI=1S/C17H13ClN2O2/c18-12-4-6-13(7-5-12)20-17(22)14-8-3-11-2-1-9-19-16(11)15(14)10-21/h1-9,21H,10H2,(H,20,22). The topological polar surface area (TPSA) is 62.2 Å². The van der Waals surface area contributed by atoms with Crippen molar-refractivity contribution in [2.45, 2.75) is 6.61 Å². The van der Waals surface area contributed by atoms with Gasteiger partial charge in [0.1, 0.15) is 0 Å². The zero-order valence-electron chi connectivity index (χ0n) is 11.6. The van der Waals surface area contributed by atoms with E-state index in [4.69, 9.17) is 11.6 Å². The molecule has 3 aromatic rings. The van der Waals surface area contributed by atoms with Gasteiger partial charge in [-0.3, -0.25) is 9.78 Å². The van der Waals surface area contributed by atoms with Crippen molar-refractivity contribution in [2.24, 2.45) is 0 Å². The molecule has 3 rings (SSSR count). The third-order valence-electron chi connectivity index (χ3n) is 3.38. The molecule has 2 aromatic carbocycles. The Morgan fingerprint density at radius 1 is 1.14 bits per heavy atom. The zero-order chi connectivity index (χ0) is 15.5. The number of carbonyl (C=O) groups is 1. The van der Waals surface area contributed by atoms with Crippen LogP contribution >= 0.6 is 11.6 Å². The van der Waals surface area contributed by atoms with Gasteiger partial charge in [-0.05, 0) is 36.4 Å². The fourth-order valence-corrected chi connectivity index (χ4v) is 2.44. The second kappa shape index (κ2) is 6.13. The van der Waals surface area contributed by atoms with Crippen molar-refractivity contribution in [3.63, 3.8) is 0 Å². The average molecular weight is 313 g/mol. The molecule has 4 nitrogen and oxygen atoms in total. The van der Waals surface area contributed by atoms with Gasteiger partial charge in [0.2, 0.25) is 0 Å². The highest BCUT2D eigenvalue weighted by atomic mass is 35.5. The lowest BCUT2D eigenvalue weighted by atomic mass is 10.0. The molecule has 110 valence electrons. The van der Waals surface area contributed by atoms with Gasteiger partial charge in [-0.15, -0.1) is 0 Å². The Kier molecular flexibility index (Phi) is 4.04. The van der Waals surface area contributed by atoms with Gasteiger partial charge in [0.25, 0.3) is 5.91 Å². The second-order valence-electron chi connectivity index (χ2n) is 4.79. The first-order chi connectivity index (χ1) is 10.7. The van der Waals surface area contributed by atoms with Crippen LogP contribution in [-0.2, 0) is 6.61 Å². The maximum Gasteiger partial charge on any atom is 0.256 e. The number of pyridine rings is 1. The van der Waals surface area contributed by atoms with Crippen LogP contribution in [0.4, 0.5) is 5.69 Å². The number of aliphatic hydroxyl groups is 1. The highest BCUT2D eigenvalue weighted by molar-refractivity contribution is 6.30. The molecular weight excluding hydrogens is 300 g/mol. The predicted octanol–water partition coefficient (Wildman–Crippen LogP) is 3.63. The number of benzene rings is 2. The summed E-state index contributed by atoms with van der Waals surface area (Å²) < 4.78 is 0. The monoisotopic (exact) mass is 312 g/mol. The fourth-order valence-electron chi connectivity index (χ4n) is 2.31. The molecule has 1 heterocycles. The lowest BCUT2D eigenvalue weighted by Gasteiger charge is -2.11. The summed E-state index contributed by atoms with van der Waals surface area (Å²) in [5.74, 6) is -0.293. The molecule has 0 radical (unpaired) electrons. The first-order valence-electron chi connectivity index (χ1n) is 6.73. The molecule has 0 spiro atoms. The number of carbonyl (C=O) groups excluding carboxylic acids is 1. The molecule has 0 atom stereocenters. The van der Waals surface area contributed by atoms with Crippen LogP contribution in [0.3, 0.4) is 0 Å². The van der Waals surface area contributed by atoms with E-state index >= 15 is 0 Å². The van der Waals surface area contributed by atoms with Gasteiger partial charge in [-0.1, -0.05) is 23.7 Å². The van der Waals surface area contributed by atoms with Crippen LogP contribution in [0.2, 0.25) is 5.02 Å². The molecule has 0 aliphatic rings. The molecule has 0 fully saturated rings. The summed E-state index contributed by atoms with van der Waals surface area (Å²) in [6.07, 6.45) is 1.64. The molecule has 1 aromatic heterocycles. The van der Waals surface area contributed by atoms with Crippen LogP contribution in [0.25, 0.3) is 10.9 Å². The van der Waals surface area contributed by atoms with Crippen LogP contribution in [0.15, 0.2) is 54.7 Å². The van der Waals surface area contributed by atoms with E-state index in [1.807, 2.05) is 18.2 Å². The van der Waals surface area contributed by atoms with Gasteiger partial charge in [0, 0.05) is 33.4 Å². The van der Waals surface area contributed by atoms with E-state index < -0.39 is 0 Å². The fraction of sp³-hybridized carbons (Fsp3) is 0.0588. The van der Waals surface area contributed by atoms with Gasteiger partial charge < -0.3 is 10.4 Å². The SMILES string of the molecule is O=C(Nc1ccc(Cl)cc1)c1ccc2cccnc2c1CO. The summed E-state index contributed by atoms with van der Waals surface area (Å²) >= 11 is 5.82. The number of fused-ring (bicyclic) bond motifs is 1. The largest absolute Gasteiger partial charge is 0.392 e. The summed E-state index contributed by atoms with van der Waals surface area (Å²) in [6.45, 7) is -0.252. The predicted molar refractivity (Wildman–Crippen MR) is 87.1 cm³/mol. The molecule has 0 unspecified atom stereocenters. The molecule has 0 aliphatic heterocycles. The highest BCUT2D eigenvalue weighted by Crippen LogP contribution is 2.22. The van der Waals surface area contributed by atoms with Gasteiger partial charge in [-0.2, -0.15) is 0 Å². The van der Waals surface area contributed by atoms with Crippen LogP contribution in [0.5, 0.6) is 0 Å². The molecule has 2 N–H and O–H groups in total. The quantitative estimate of drug-likeness (QED) is 0.776. The van der Waals surface area contributed by atoms with Crippen molar-refractivity contribution >= 4 is 34.1 Å². The van der Waals surface area contributed by atoms with Crippen LogP contribution in [0.1, 0.15) is 15.9 Å². The van der Waals surface area contributed by atoms with Crippen molar-refractivity contribution in [1.82, 2.24) is 4.98 Å². The zero-order valence-corrected chi connectivity index (χ0v) is 12.3. The van der Waals surface area contributed by atoms with Gasteiger partial charge in [0.15, 0.2) is 0 Å². The average Bonchev–Trinajstić information content (AvgIpc) is 2.55. The molecular formula is C17H13ClN2O2. The number of nitrogens with zero attached hydrogens (tertiary/aromatic N) is 1. The number of hydrogen-bond acceptors (Lipinski definition) is 3. The minimum Gasteiger partial charge on any atom is -0.392 e. The van der Waals surface area contributed by atoms with Crippen LogP contribution < -0.4 is 5.32 Å². The Labute approximate surface area is 132 Å². The summed E-state index contributed by atoms with van der Waals surface area (Å²) in [5, 5.41) is 13.9. The first-order valence-corrected chi connectivity index (χ1v) is 7.11. The minimum absolute atomic E-state index is 0.252. The van der Waals surface area contributed by atoms with Crippen molar-refractivity contribution < 1.29 is 9.90 Å². The summed E-state index contributed by atoms with van der Waals surface area (Å²) in [4.78, 5) is 16.7. The Balaban J connectivity index is 1.98. The van der Waals surface area contributed by atoms with Gasteiger partial charge in [0.05, 0.1) is 12.1 Å². The summed E-state index contributed by atoms with van der Waals surface area (Å²) in [5.41, 5.74) is 2.20. The maximum absolute atomic E-state index is 12.4.